The van der Waals surface area contributed by atoms with Crippen molar-refractivity contribution in [3.05, 3.63) is 75.7 Å². The van der Waals surface area contributed by atoms with E-state index < -0.39 is 10.0 Å². The van der Waals surface area contributed by atoms with Crippen LogP contribution in [-0.4, -0.2) is 17.3 Å². The van der Waals surface area contributed by atoms with Crippen molar-refractivity contribution < 1.29 is 8.42 Å². The summed E-state index contributed by atoms with van der Waals surface area (Å²) in [6.45, 7) is 0.603. The van der Waals surface area contributed by atoms with E-state index in [-0.39, 0.29) is 16.5 Å². The molecule has 0 bridgehead atoms. The Balaban J connectivity index is 2.00. The molecule has 0 saturated heterocycles. The summed E-state index contributed by atoms with van der Waals surface area (Å²) in [5, 5.41) is 2.18. The fraction of sp³-hybridized carbons (Fsp3) is 0.176. The van der Waals surface area contributed by atoms with Gasteiger partial charge in [0.25, 0.3) is 0 Å². The Morgan fingerprint density at radius 2 is 1.88 bits per heavy atom. The van der Waals surface area contributed by atoms with Crippen LogP contribution in [0.3, 0.4) is 0 Å². The maximum atomic E-state index is 13.2. The van der Waals surface area contributed by atoms with Crippen LogP contribution in [0.15, 0.2) is 65.0 Å². The molecule has 3 rings (SSSR count). The zero-order chi connectivity index (χ0) is 17.2. The molecule has 0 atom stereocenters. The lowest BCUT2D eigenvalue weighted by molar-refractivity contribution is 0.395. The summed E-state index contributed by atoms with van der Waals surface area (Å²) >= 11 is 7.68. The fourth-order valence-electron chi connectivity index (χ4n) is 2.44. The number of nitrogens with zero attached hydrogens (tertiary/aromatic N) is 2. The number of aryl methyl sites for hydroxylation is 1. The van der Waals surface area contributed by atoms with Gasteiger partial charge in [0.1, 0.15) is 4.90 Å². The lowest BCUT2D eigenvalue weighted by Gasteiger charge is -2.22. The number of thiophene rings is 1. The molecule has 0 saturated carbocycles. The van der Waals surface area contributed by atoms with Crippen molar-refractivity contribution in [3.8, 4) is 0 Å². The van der Waals surface area contributed by atoms with Crippen LogP contribution < -0.4 is 0 Å². The highest BCUT2D eigenvalue weighted by atomic mass is 35.5. The van der Waals surface area contributed by atoms with Crippen molar-refractivity contribution in [1.82, 2.24) is 8.87 Å². The lowest BCUT2D eigenvalue weighted by atomic mass is 10.4. The Morgan fingerprint density at radius 1 is 1.08 bits per heavy atom. The van der Waals surface area contributed by atoms with E-state index in [2.05, 4.69) is 0 Å². The minimum Gasteiger partial charge on any atom is -0.353 e. The number of hydrogen-bond acceptors (Lipinski definition) is 3. The highest BCUT2D eigenvalue weighted by Gasteiger charge is 2.27. The molecule has 3 aromatic rings. The van der Waals surface area contributed by atoms with E-state index >= 15 is 0 Å². The van der Waals surface area contributed by atoms with Gasteiger partial charge in [0.05, 0.1) is 11.6 Å². The molecule has 0 spiro atoms. The minimum absolute atomic E-state index is 0.137. The standard InChI is InChI=1S/C17H17ClN2O2S2/c1-19-10-4-6-14(19)12-20(13-15-7-5-11-23-15)24(21,22)17-9-3-2-8-16(17)18/h2-11H,12-13H2,1H3. The smallest absolute Gasteiger partial charge is 0.245 e. The highest BCUT2D eigenvalue weighted by molar-refractivity contribution is 7.89. The predicted molar refractivity (Wildman–Crippen MR) is 97.6 cm³/mol. The van der Waals surface area contributed by atoms with E-state index in [0.717, 1.165) is 10.6 Å². The molecule has 126 valence electrons. The maximum absolute atomic E-state index is 13.2. The van der Waals surface area contributed by atoms with E-state index in [1.54, 1.807) is 24.3 Å². The van der Waals surface area contributed by atoms with E-state index in [1.165, 1.54) is 15.6 Å². The largest absolute Gasteiger partial charge is 0.353 e. The van der Waals surface area contributed by atoms with Crippen molar-refractivity contribution in [1.29, 1.82) is 0 Å². The van der Waals surface area contributed by atoms with Gasteiger partial charge in [-0.1, -0.05) is 29.8 Å². The van der Waals surface area contributed by atoms with Gasteiger partial charge in [-0.2, -0.15) is 4.31 Å². The van der Waals surface area contributed by atoms with Crippen LogP contribution >= 0.6 is 22.9 Å². The molecule has 0 radical (unpaired) electrons. The normalized spacial score (nSPS) is 12.0. The Kier molecular flexibility index (Phi) is 5.10. The summed E-state index contributed by atoms with van der Waals surface area (Å²) in [7, 11) is -1.80. The van der Waals surface area contributed by atoms with Crippen LogP contribution in [0.5, 0.6) is 0 Å². The predicted octanol–water partition coefficient (Wildman–Crippen LogP) is 4.13. The molecular weight excluding hydrogens is 364 g/mol. The van der Waals surface area contributed by atoms with Crippen molar-refractivity contribution in [2.45, 2.75) is 18.0 Å². The molecule has 0 aliphatic rings. The average molecular weight is 381 g/mol. The second-order valence-corrected chi connectivity index (χ2v) is 8.74. The first-order valence-electron chi connectivity index (χ1n) is 7.36. The Hall–Kier alpha value is -1.60. The maximum Gasteiger partial charge on any atom is 0.245 e. The van der Waals surface area contributed by atoms with Gasteiger partial charge in [0.15, 0.2) is 0 Å². The van der Waals surface area contributed by atoms with E-state index in [0.29, 0.717) is 6.54 Å². The van der Waals surface area contributed by atoms with E-state index in [4.69, 9.17) is 11.6 Å². The lowest BCUT2D eigenvalue weighted by Crippen LogP contribution is -2.31. The molecule has 2 heterocycles. The summed E-state index contributed by atoms with van der Waals surface area (Å²) in [6.07, 6.45) is 1.90. The second-order valence-electron chi connectivity index (χ2n) is 5.39. The molecule has 24 heavy (non-hydrogen) atoms. The molecule has 7 heteroatoms. The topological polar surface area (TPSA) is 42.3 Å². The van der Waals surface area contributed by atoms with Crippen molar-refractivity contribution >= 4 is 33.0 Å². The molecule has 0 fully saturated rings. The number of halogens is 1. The number of sulfonamides is 1. The van der Waals surface area contributed by atoms with Gasteiger partial charge in [-0.3, -0.25) is 0 Å². The van der Waals surface area contributed by atoms with Crippen LogP contribution in [0.4, 0.5) is 0 Å². The zero-order valence-corrected chi connectivity index (χ0v) is 15.5. The Bertz CT molecular complexity index is 918. The molecular formula is C17H17ClN2O2S2. The molecule has 0 aliphatic heterocycles. The Labute approximate surface area is 151 Å². The summed E-state index contributed by atoms with van der Waals surface area (Å²) in [5.74, 6) is 0. The van der Waals surface area contributed by atoms with Crippen molar-refractivity contribution in [3.63, 3.8) is 0 Å². The van der Waals surface area contributed by atoms with Gasteiger partial charge in [0.2, 0.25) is 10.0 Å². The zero-order valence-electron chi connectivity index (χ0n) is 13.1. The second kappa shape index (κ2) is 7.11. The van der Waals surface area contributed by atoms with Crippen LogP contribution in [0.1, 0.15) is 10.6 Å². The molecule has 0 amide bonds. The average Bonchev–Trinajstić information content (AvgIpc) is 3.19. The van der Waals surface area contributed by atoms with Crippen LogP contribution in [0, 0.1) is 0 Å². The number of benzene rings is 1. The molecule has 4 nitrogen and oxygen atoms in total. The monoisotopic (exact) mass is 380 g/mol. The third kappa shape index (κ3) is 3.57. The molecule has 0 aliphatic carbocycles. The molecule has 2 aromatic heterocycles. The quantitative estimate of drug-likeness (QED) is 0.645. The van der Waals surface area contributed by atoms with Crippen LogP contribution in [0.25, 0.3) is 0 Å². The first-order chi connectivity index (χ1) is 11.5. The fourth-order valence-corrected chi connectivity index (χ4v) is 5.12. The minimum atomic E-state index is -3.71. The van der Waals surface area contributed by atoms with E-state index in [9.17, 15) is 8.42 Å². The molecule has 0 unspecified atom stereocenters. The highest BCUT2D eigenvalue weighted by Crippen LogP contribution is 2.27. The molecule has 1 aromatic carbocycles. The van der Waals surface area contributed by atoms with Crippen LogP contribution in [-0.2, 0) is 30.2 Å². The molecule has 0 N–H and O–H groups in total. The number of aromatic nitrogens is 1. The summed E-state index contributed by atoms with van der Waals surface area (Å²) < 4.78 is 29.7. The van der Waals surface area contributed by atoms with Crippen molar-refractivity contribution in [2.75, 3.05) is 0 Å². The summed E-state index contributed by atoms with van der Waals surface area (Å²) in [6, 6.07) is 14.2. The first kappa shape index (κ1) is 17.2. The third-order valence-corrected chi connectivity index (χ3v) is 6.91. The summed E-state index contributed by atoms with van der Waals surface area (Å²) in [4.78, 5) is 1.12. The first-order valence-corrected chi connectivity index (χ1v) is 10.1. The van der Waals surface area contributed by atoms with Gasteiger partial charge in [-0.05, 0) is 35.7 Å². The SMILES string of the molecule is Cn1cccc1CN(Cc1cccs1)S(=O)(=O)c1ccccc1Cl. The van der Waals surface area contributed by atoms with Gasteiger partial charge >= 0.3 is 0 Å². The number of rotatable bonds is 6. The Morgan fingerprint density at radius 3 is 2.50 bits per heavy atom. The van der Waals surface area contributed by atoms with Crippen LogP contribution in [0.2, 0.25) is 5.02 Å². The van der Waals surface area contributed by atoms with Gasteiger partial charge < -0.3 is 4.57 Å². The third-order valence-electron chi connectivity index (χ3n) is 3.76. The van der Waals surface area contributed by atoms with Gasteiger partial charge in [0, 0.05) is 30.4 Å². The summed E-state index contributed by atoms with van der Waals surface area (Å²) in [5.41, 5.74) is 0.919. The van der Waals surface area contributed by atoms with E-state index in [1.807, 2.05) is 47.5 Å². The number of hydrogen-bond donors (Lipinski definition) is 0. The van der Waals surface area contributed by atoms with Gasteiger partial charge in [-0.25, -0.2) is 8.42 Å². The van der Waals surface area contributed by atoms with Gasteiger partial charge in [-0.15, -0.1) is 11.3 Å². The van der Waals surface area contributed by atoms with Crippen molar-refractivity contribution in [2.24, 2.45) is 7.05 Å².